The van der Waals surface area contributed by atoms with Crippen LogP contribution in [0.15, 0.2) is 18.2 Å². The molecule has 0 saturated carbocycles. The molecule has 0 bridgehead atoms. The summed E-state index contributed by atoms with van der Waals surface area (Å²) >= 11 is 1.35. The number of rotatable bonds is 2. The number of nitrogens with one attached hydrogen (secondary N) is 1. The first kappa shape index (κ1) is 18.0. The molecule has 1 aliphatic rings. The van der Waals surface area contributed by atoms with Gasteiger partial charge < -0.3 is 15.0 Å². The van der Waals surface area contributed by atoms with E-state index in [4.69, 9.17) is 4.74 Å². The van der Waals surface area contributed by atoms with Gasteiger partial charge in [0.1, 0.15) is 11.1 Å². The fourth-order valence-electron chi connectivity index (χ4n) is 3.05. The Morgan fingerprint density at radius 1 is 1.35 bits per heavy atom. The molecule has 0 radical (unpaired) electrons. The first-order valence-corrected chi connectivity index (χ1v) is 9.02. The number of ether oxygens (including phenoxy) is 1. The maximum atomic E-state index is 12.7. The van der Waals surface area contributed by atoms with Crippen molar-refractivity contribution in [3.8, 4) is 6.07 Å². The molecule has 2 heterocycles. The zero-order valence-electron chi connectivity index (χ0n) is 14.9. The van der Waals surface area contributed by atoms with Gasteiger partial charge in [0.2, 0.25) is 0 Å². The van der Waals surface area contributed by atoms with Gasteiger partial charge in [0.25, 0.3) is 5.91 Å². The molecule has 0 fully saturated rings. The number of carbonyl (C=O) groups is 2. The summed E-state index contributed by atoms with van der Waals surface area (Å²) in [5.74, 6) is -0.230. The molecule has 1 aliphatic heterocycles. The van der Waals surface area contributed by atoms with Crippen molar-refractivity contribution in [2.45, 2.75) is 26.8 Å². The number of benzene rings is 1. The van der Waals surface area contributed by atoms with E-state index in [0.717, 1.165) is 21.6 Å². The Morgan fingerprint density at radius 3 is 2.81 bits per heavy atom. The number of thiophene rings is 1. The molecule has 1 N–H and O–H groups in total. The van der Waals surface area contributed by atoms with Crippen molar-refractivity contribution < 1.29 is 14.3 Å². The van der Waals surface area contributed by atoms with E-state index in [1.54, 1.807) is 4.90 Å². The van der Waals surface area contributed by atoms with E-state index in [2.05, 4.69) is 11.4 Å². The van der Waals surface area contributed by atoms with Crippen molar-refractivity contribution in [2.24, 2.45) is 0 Å². The summed E-state index contributed by atoms with van der Waals surface area (Å²) in [7, 11) is 1.35. The molecule has 3 rings (SSSR count). The maximum Gasteiger partial charge on any atom is 0.409 e. The zero-order chi connectivity index (χ0) is 18.8. The molecule has 0 atom stereocenters. The summed E-state index contributed by atoms with van der Waals surface area (Å²) in [5, 5.41) is 13.0. The SMILES string of the molecule is COC(=O)N1CCc2c(sc(NC(=O)c3cc(C)ccc3C)c2C#N)C1. The molecule has 7 heteroatoms. The van der Waals surface area contributed by atoms with Crippen LogP contribution in [0.2, 0.25) is 0 Å². The second-order valence-corrected chi connectivity index (χ2v) is 7.34. The van der Waals surface area contributed by atoms with Crippen LogP contribution in [0.4, 0.5) is 9.80 Å². The van der Waals surface area contributed by atoms with E-state index in [0.29, 0.717) is 35.6 Å². The van der Waals surface area contributed by atoms with Gasteiger partial charge in [0, 0.05) is 17.0 Å². The number of amides is 2. The summed E-state index contributed by atoms with van der Waals surface area (Å²) in [6, 6.07) is 7.90. The Hall–Kier alpha value is -2.85. The lowest BCUT2D eigenvalue weighted by Crippen LogP contribution is -2.35. The van der Waals surface area contributed by atoms with E-state index in [1.807, 2.05) is 32.0 Å². The van der Waals surface area contributed by atoms with Crippen LogP contribution < -0.4 is 5.32 Å². The van der Waals surface area contributed by atoms with Gasteiger partial charge >= 0.3 is 6.09 Å². The molecule has 0 unspecified atom stereocenters. The predicted octanol–water partition coefficient (Wildman–Crippen LogP) is 3.61. The zero-order valence-corrected chi connectivity index (χ0v) is 15.7. The predicted molar refractivity (Wildman–Crippen MR) is 99.4 cm³/mol. The molecular formula is C19H19N3O3S. The highest BCUT2D eigenvalue weighted by Gasteiger charge is 2.28. The highest BCUT2D eigenvalue weighted by atomic mass is 32.1. The number of nitriles is 1. The van der Waals surface area contributed by atoms with Crippen LogP contribution in [0.25, 0.3) is 0 Å². The van der Waals surface area contributed by atoms with Crippen molar-refractivity contribution in [3.05, 3.63) is 50.9 Å². The topological polar surface area (TPSA) is 82.4 Å². The van der Waals surface area contributed by atoms with Crippen LogP contribution in [0.5, 0.6) is 0 Å². The van der Waals surface area contributed by atoms with Gasteiger partial charge in [-0.1, -0.05) is 17.7 Å². The second-order valence-electron chi connectivity index (χ2n) is 6.23. The second kappa shape index (κ2) is 7.18. The maximum absolute atomic E-state index is 12.7. The number of nitrogens with zero attached hydrogens (tertiary/aromatic N) is 2. The third-order valence-electron chi connectivity index (χ3n) is 4.47. The monoisotopic (exact) mass is 369 g/mol. The normalized spacial score (nSPS) is 12.9. The molecule has 1 aromatic carbocycles. The fourth-order valence-corrected chi connectivity index (χ4v) is 4.25. The van der Waals surface area contributed by atoms with E-state index in [1.165, 1.54) is 18.4 Å². The largest absolute Gasteiger partial charge is 0.453 e. The number of aryl methyl sites for hydroxylation is 2. The van der Waals surface area contributed by atoms with Crippen LogP contribution in [0, 0.1) is 25.2 Å². The van der Waals surface area contributed by atoms with E-state index >= 15 is 0 Å². The van der Waals surface area contributed by atoms with Crippen molar-refractivity contribution in [2.75, 3.05) is 19.0 Å². The third kappa shape index (κ3) is 3.28. The molecule has 0 aliphatic carbocycles. The molecule has 6 nitrogen and oxygen atoms in total. The molecule has 0 saturated heterocycles. The smallest absolute Gasteiger partial charge is 0.409 e. The minimum absolute atomic E-state index is 0.230. The highest BCUT2D eigenvalue weighted by molar-refractivity contribution is 7.16. The number of carbonyl (C=O) groups excluding carboxylic acids is 2. The minimum Gasteiger partial charge on any atom is -0.453 e. The van der Waals surface area contributed by atoms with Gasteiger partial charge in [-0.2, -0.15) is 5.26 Å². The molecular weight excluding hydrogens is 350 g/mol. The van der Waals surface area contributed by atoms with Crippen LogP contribution >= 0.6 is 11.3 Å². The number of anilines is 1. The first-order valence-electron chi connectivity index (χ1n) is 8.20. The van der Waals surface area contributed by atoms with Gasteiger partial charge in [-0.05, 0) is 37.5 Å². The van der Waals surface area contributed by atoms with Crippen LogP contribution in [-0.4, -0.2) is 30.6 Å². The summed E-state index contributed by atoms with van der Waals surface area (Å²) in [6.07, 6.45) is 0.187. The van der Waals surface area contributed by atoms with E-state index < -0.39 is 0 Å². The minimum atomic E-state index is -0.386. The molecule has 0 spiro atoms. The first-order chi connectivity index (χ1) is 12.4. The van der Waals surface area contributed by atoms with Crippen molar-refractivity contribution >= 4 is 28.3 Å². The van der Waals surface area contributed by atoms with Gasteiger partial charge in [-0.3, -0.25) is 4.79 Å². The summed E-state index contributed by atoms with van der Waals surface area (Å²) < 4.78 is 4.77. The fraction of sp³-hybridized carbons (Fsp3) is 0.316. The lowest BCUT2D eigenvalue weighted by atomic mass is 10.0. The number of hydrogen-bond acceptors (Lipinski definition) is 5. The van der Waals surface area contributed by atoms with Crippen molar-refractivity contribution in [3.63, 3.8) is 0 Å². The standard InChI is InChI=1S/C19H19N3O3S/c1-11-4-5-12(2)14(8-11)17(23)21-18-15(9-20)13-6-7-22(19(24)25-3)10-16(13)26-18/h4-5,8H,6-7,10H2,1-3H3,(H,21,23). The summed E-state index contributed by atoms with van der Waals surface area (Å²) in [6.45, 7) is 4.70. The Balaban J connectivity index is 1.89. The Morgan fingerprint density at radius 2 is 2.12 bits per heavy atom. The van der Waals surface area contributed by atoms with E-state index in [-0.39, 0.29) is 12.0 Å². The van der Waals surface area contributed by atoms with Gasteiger partial charge in [-0.25, -0.2) is 4.79 Å². The van der Waals surface area contributed by atoms with Crippen LogP contribution in [0.1, 0.15) is 37.5 Å². The molecule has 2 amide bonds. The van der Waals surface area contributed by atoms with Crippen molar-refractivity contribution in [1.29, 1.82) is 5.26 Å². The number of hydrogen-bond donors (Lipinski definition) is 1. The Bertz CT molecular complexity index is 927. The lowest BCUT2D eigenvalue weighted by Gasteiger charge is -2.25. The quantitative estimate of drug-likeness (QED) is 0.876. The molecule has 1 aromatic heterocycles. The average molecular weight is 369 g/mol. The molecule has 134 valence electrons. The molecule has 26 heavy (non-hydrogen) atoms. The van der Waals surface area contributed by atoms with Gasteiger partial charge in [0.05, 0.1) is 19.2 Å². The number of methoxy groups -OCH3 is 1. The highest BCUT2D eigenvalue weighted by Crippen LogP contribution is 2.37. The average Bonchev–Trinajstić information content (AvgIpc) is 2.98. The van der Waals surface area contributed by atoms with Gasteiger partial charge in [-0.15, -0.1) is 11.3 Å². The Kier molecular flexibility index (Phi) is 4.96. The van der Waals surface area contributed by atoms with Gasteiger partial charge in [0.15, 0.2) is 0 Å². The summed E-state index contributed by atoms with van der Waals surface area (Å²) in [4.78, 5) is 26.9. The Labute approximate surface area is 156 Å². The van der Waals surface area contributed by atoms with Crippen LogP contribution in [0.3, 0.4) is 0 Å². The lowest BCUT2D eigenvalue weighted by molar-refractivity contribution is 0.102. The van der Waals surface area contributed by atoms with Crippen LogP contribution in [-0.2, 0) is 17.7 Å². The van der Waals surface area contributed by atoms with E-state index in [9.17, 15) is 14.9 Å². The van der Waals surface area contributed by atoms with Crippen molar-refractivity contribution in [1.82, 2.24) is 4.90 Å². The third-order valence-corrected chi connectivity index (χ3v) is 5.60. The number of fused-ring (bicyclic) bond motifs is 1. The molecule has 2 aromatic rings. The summed E-state index contributed by atoms with van der Waals surface area (Å²) in [5.41, 5.74) is 3.88.